The zero-order valence-corrected chi connectivity index (χ0v) is 19.5. The highest BCUT2D eigenvalue weighted by atomic mass is 19.1. The van der Waals surface area contributed by atoms with Gasteiger partial charge in [-0.15, -0.1) is 0 Å². The first-order chi connectivity index (χ1) is 17.1. The lowest BCUT2D eigenvalue weighted by Crippen LogP contribution is -2.47. The molecule has 1 aromatic carbocycles. The fourth-order valence-corrected chi connectivity index (χ4v) is 6.21. The van der Waals surface area contributed by atoms with Crippen molar-refractivity contribution in [3.8, 4) is 22.8 Å². The highest BCUT2D eigenvalue weighted by molar-refractivity contribution is 5.92. The van der Waals surface area contributed by atoms with Crippen molar-refractivity contribution in [1.29, 1.82) is 0 Å². The van der Waals surface area contributed by atoms with Gasteiger partial charge in [-0.25, -0.2) is 19.3 Å². The Morgan fingerprint density at radius 1 is 1.03 bits per heavy atom. The second kappa shape index (κ2) is 7.90. The zero-order chi connectivity index (χ0) is 23.5. The second-order valence-electron chi connectivity index (χ2n) is 10.1. The first-order valence-corrected chi connectivity index (χ1v) is 12.4. The molecule has 0 spiro atoms. The number of H-pyrrole nitrogens is 1. The molecular weight excluding hydrogens is 441 g/mol. The summed E-state index contributed by atoms with van der Waals surface area (Å²) in [4.78, 5) is 17.1. The predicted octanol–water partition coefficient (Wildman–Crippen LogP) is 6.81. The number of anilines is 1. The molecule has 0 saturated heterocycles. The average Bonchev–Trinajstić information content (AvgIpc) is 3.50. The topological polar surface area (TPSA) is 79.6 Å². The summed E-state index contributed by atoms with van der Waals surface area (Å²) in [6, 6.07) is 13.8. The zero-order valence-electron chi connectivity index (χ0n) is 19.5. The van der Waals surface area contributed by atoms with Gasteiger partial charge in [0.25, 0.3) is 0 Å². The number of pyridine rings is 1. The smallest absolute Gasteiger partial charge is 0.164 e. The highest BCUT2D eigenvalue weighted by Gasteiger charge is 2.41. The Bertz CT molecular complexity index is 1510. The van der Waals surface area contributed by atoms with Crippen LogP contribution in [-0.4, -0.2) is 26.0 Å². The van der Waals surface area contributed by atoms with E-state index in [0.717, 1.165) is 22.7 Å². The fourth-order valence-electron chi connectivity index (χ4n) is 6.21. The summed E-state index contributed by atoms with van der Waals surface area (Å²) in [7, 11) is 0. The fraction of sp³-hybridized carbons (Fsp3) is 0.321. The molecule has 3 fully saturated rings. The molecule has 6 nitrogen and oxygen atoms in total. The maximum absolute atomic E-state index is 14.0. The molecule has 4 heterocycles. The molecule has 3 aliphatic rings. The number of hydrogen-bond acceptors (Lipinski definition) is 5. The molecule has 7 heteroatoms. The summed E-state index contributed by atoms with van der Waals surface area (Å²) in [6.45, 7) is 2.37. The van der Waals surface area contributed by atoms with Crippen LogP contribution in [0.3, 0.4) is 0 Å². The van der Waals surface area contributed by atoms with Crippen LogP contribution in [0.1, 0.15) is 32.6 Å². The Hall–Kier alpha value is -3.74. The largest absolute Gasteiger partial charge is 0.454 e. The van der Waals surface area contributed by atoms with Crippen molar-refractivity contribution in [2.45, 2.75) is 38.6 Å². The van der Waals surface area contributed by atoms with Gasteiger partial charge in [0.05, 0.1) is 6.20 Å². The molecule has 2 N–H and O–H groups in total. The van der Waals surface area contributed by atoms with Gasteiger partial charge in [-0.1, -0.05) is 25.1 Å². The number of nitrogens with zero attached hydrogens (tertiary/aromatic N) is 3. The van der Waals surface area contributed by atoms with E-state index in [1.165, 1.54) is 37.9 Å². The van der Waals surface area contributed by atoms with Crippen LogP contribution in [0.2, 0.25) is 0 Å². The van der Waals surface area contributed by atoms with Crippen LogP contribution in [-0.2, 0) is 0 Å². The molecule has 0 amide bonds. The van der Waals surface area contributed by atoms with Gasteiger partial charge in [-0.2, -0.15) is 0 Å². The molecule has 2 atom stereocenters. The van der Waals surface area contributed by atoms with Crippen molar-refractivity contribution in [3.05, 3.63) is 60.7 Å². The molecule has 0 radical (unpaired) electrons. The number of hydrogen-bond donors (Lipinski definition) is 2. The minimum atomic E-state index is -0.391. The van der Waals surface area contributed by atoms with E-state index in [2.05, 4.69) is 22.2 Å². The van der Waals surface area contributed by atoms with Crippen LogP contribution in [0.25, 0.3) is 44.8 Å². The summed E-state index contributed by atoms with van der Waals surface area (Å²) in [6.07, 6.45) is 8.21. The number of para-hydroxylation sites is 1. The second-order valence-corrected chi connectivity index (χ2v) is 10.1. The SMILES string of the molecule is CC1C2CCC(CC2)C1Nc1cc(-c2cc3ccccc3o2)nc(-c2c[nH]c3ncc(F)cc23)n1. The number of halogens is 1. The minimum absolute atomic E-state index is 0.385. The average molecular weight is 468 g/mol. The third-order valence-corrected chi connectivity index (χ3v) is 8.09. The summed E-state index contributed by atoms with van der Waals surface area (Å²) < 4.78 is 20.2. The summed E-state index contributed by atoms with van der Waals surface area (Å²) in [5, 5.41) is 5.45. The van der Waals surface area contributed by atoms with Gasteiger partial charge < -0.3 is 14.7 Å². The van der Waals surface area contributed by atoms with Gasteiger partial charge in [-0.3, -0.25) is 0 Å². The molecule has 2 bridgehead atoms. The number of fused-ring (bicyclic) bond motifs is 5. The summed E-state index contributed by atoms with van der Waals surface area (Å²) >= 11 is 0. The normalized spacial score (nSPS) is 23.8. The maximum Gasteiger partial charge on any atom is 0.164 e. The van der Waals surface area contributed by atoms with E-state index in [1.807, 2.05) is 36.4 Å². The lowest BCUT2D eigenvalue weighted by Gasteiger charge is -2.47. The number of furan rings is 1. The number of nitrogens with one attached hydrogen (secondary N) is 2. The van der Waals surface area contributed by atoms with E-state index in [0.29, 0.717) is 51.8 Å². The summed E-state index contributed by atoms with van der Waals surface area (Å²) in [5.41, 5.74) is 2.83. The van der Waals surface area contributed by atoms with Crippen LogP contribution in [0, 0.1) is 23.6 Å². The molecule has 5 aromatic rings. The standard InChI is InChI=1S/C28H26FN5O/c1-15-16-6-8-17(9-7-16)26(15)33-25-12-22(24-10-18-4-2-3-5-23(18)35-24)32-28(34-25)21-14-31-27-20(21)11-19(29)13-30-27/h2-5,10-17,26H,6-9H2,1H3,(H,30,31)(H,32,33,34). The Morgan fingerprint density at radius 2 is 1.86 bits per heavy atom. The Morgan fingerprint density at radius 3 is 2.69 bits per heavy atom. The molecule has 8 rings (SSSR count). The van der Waals surface area contributed by atoms with E-state index in [9.17, 15) is 4.39 Å². The number of aromatic amines is 1. The summed E-state index contributed by atoms with van der Waals surface area (Å²) in [5.74, 6) is 3.61. The van der Waals surface area contributed by atoms with Crippen molar-refractivity contribution in [3.63, 3.8) is 0 Å². The molecule has 0 aliphatic heterocycles. The van der Waals surface area contributed by atoms with Crippen molar-refractivity contribution >= 4 is 27.8 Å². The predicted molar refractivity (Wildman–Crippen MR) is 134 cm³/mol. The highest BCUT2D eigenvalue weighted by Crippen LogP contribution is 2.46. The quantitative estimate of drug-likeness (QED) is 0.304. The van der Waals surface area contributed by atoms with Crippen molar-refractivity contribution in [2.75, 3.05) is 5.32 Å². The van der Waals surface area contributed by atoms with Crippen LogP contribution in [0.5, 0.6) is 0 Å². The van der Waals surface area contributed by atoms with Gasteiger partial charge in [0.2, 0.25) is 0 Å². The third kappa shape index (κ3) is 3.49. The van der Waals surface area contributed by atoms with E-state index in [4.69, 9.17) is 14.4 Å². The Labute approximate surface area is 202 Å². The van der Waals surface area contributed by atoms with Crippen molar-refractivity contribution in [2.24, 2.45) is 17.8 Å². The molecule has 35 heavy (non-hydrogen) atoms. The maximum atomic E-state index is 14.0. The van der Waals surface area contributed by atoms with Gasteiger partial charge in [0.15, 0.2) is 11.6 Å². The van der Waals surface area contributed by atoms with Gasteiger partial charge in [0, 0.05) is 34.6 Å². The first-order valence-electron chi connectivity index (χ1n) is 12.4. The van der Waals surface area contributed by atoms with Crippen LogP contribution >= 0.6 is 0 Å². The first kappa shape index (κ1) is 20.6. The van der Waals surface area contributed by atoms with E-state index in [1.54, 1.807) is 6.20 Å². The number of benzene rings is 1. The molecule has 2 unspecified atom stereocenters. The molecule has 4 aromatic heterocycles. The Kier molecular flexibility index (Phi) is 4.65. The Balaban J connectivity index is 1.36. The van der Waals surface area contributed by atoms with Gasteiger partial charge in [0.1, 0.15) is 28.6 Å². The molecule has 3 saturated carbocycles. The van der Waals surface area contributed by atoms with Gasteiger partial charge >= 0.3 is 0 Å². The van der Waals surface area contributed by atoms with Crippen LogP contribution in [0.4, 0.5) is 10.2 Å². The lowest BCUT2D eigenvalue weighted by atomic mass is 9.62. The van der Waals surface area contributed by atoms with Crippen molar-refractivity contribution < 1.29 is 8.81 Å². The minimum Gasteiger partial charge on any atom is -0.454 e. The number of aromatic nitrogens is 4. The van der Waals surface area contributed by atoms with E-state index >= 15 is 0 Å². The lowest BCUT2D eigenvalue weighted by molar-refractivity contribution is 0.0928. The molecular formula is C28H26FN5O. The monoisotopic (exact) mass is 467 g/mol. The van der Waals surface area contributed by atoms with Crippen molar-refractivity contribution in [1.82, 2.24) is 19.9 Å². The third-order valence-electron chi connectivity index (χ3n) is 8.09. The molecule has 176 valence electrons. The van der Waals surface area contributed by atoms with Crippen LogP contribution in [0.15, 0.2) is 59.3 Å². The van der Waals surface area contributed by atoms with E-state index in [-0.39, 0.29) is 0 Å². The van der Waals surface area contributed by atoms with E-state index < -0.39 is 5.82 Å². The number of rotatable bonds is 4. The van der Waals surface area contributed by atoms with Gasteiger partial charge in [-0.05, 0) is 61.6 Å². The molecule has 3 aliphatic carbocycles. The van der Waals surface area contributed by atoms with Crippen LogP contribution < -0.4 is 5.32 Å².